The van der Waals surface area contributed by atoms with Gasteiger partial charge in [-0.1, -0.05) is 13.8 Å². The lowest BCUT2D eigenvalue weighted by Crippen LogP contribution is -2.40. The molecule has 0 saturated carbocycles. The number of hydrogen-bond acceptors (Lipinski definition) is 8. The number of nitrogens with one attached hydrogen (secondary N) is 2. The highest BCUT2D eigenvalue weighted by molar-refractivity contribution is 8.00. The van der Waals surface area contributed by atoms with E-state index >= 15 is 0 Å². The van der Waals surface area contributed by atoms with Gasteiger partial charge in [0.2, 0.25) is 11.9 Å². The topological polar surface area (TPSA) is 150 Å². The number of amides is 1. The Morgan fingerprint density at radius 1 is 1.57 bits per heavy atom. The van der Waals surface area contributed by atoms with Crippen LogP contribution in [0.5, 0.6) is 0 Å². The van der Waals surface area contributed by atoms with Gasteiger partial charge < -0.3 is 10.8 Å². The van der Waals surface area contributed by atoms with Gasteiger partial charge in [0.05, 0.1) is 12.0 Å². The lowest BCUT2D eigenvalue weighted by Gasteiger charge is -2.25. The maximum Gasteiger partial charge on any atom is 0.277 e. The predicted molar refractivity (Wildman–Crippen MR) is 90.9 cm³/mol. The Labute approximate surface area is 137 Å². The molecular weight excluding hydrogens is 320 g/mol. The number of aromatic amines is 1. The van der Waals surface area contributed by atoms with Gasteiger partial charge in [-0.25, -0.2) is 5.84 Å². The molecule has 1 amide bonds. The Morgan fingerprint density at radius 2 is 2.26 bits per heavy atom. The largest absolute Gasteiger partial charge is 0.395 e. The fraction of sp³-hybridized carbons (Fsp3) is 0.615. The number of hydrazine groups is 1. The molecule has 2 atom stereocenters. The van der Waals surface area contributed by atoms with Crippen LogP contribution in [0.1, 0.15) is 26.7 Å². The zero-order chi connectivity index (χ0) is 17.1. The Hall–Kier alpha value is -1.78. The molecule has 0 radical (unpaired) electrons. The summed E-state index contributed by atoms with van der Waals surface area (Å²) < 4.78 is 0. The monoisotopic (exact) mass is 342 g/mol. The van der Waals surface area contributed by atoms with Gasteiger partial charge in [-0.15, -0.1) is 11.8 Å². The third-order valence-electron chi connectivity index (χ3n) is 3.54. The average Bonchev–Trinajstić information content (AvgIpc) is 2.98. The van der Waals surface area contributed by atoms with Gasteiger partial charge in [0.1, 0.15) is 5.69 Å². The summed E-state index contributed by atoms with van der Waals surface area (Å²) in [7, 11) is 0. The first-order valence-electron chi connectivity index (χ1n) is 7.34. The van der Waals surface area contributed by atoms with Gasteiger partial charge in [0, 0.05) is 11.2 Å². The van der Waals surface area contributed by atoms with E-state index in [9.17, 15) is 14.7 Å². The summed E-state index contributed by atoms with van der Waals surface area (Å²) in [5, 5.41) is 13.0. The number of carbonyl (C=O) groups excluding carboxylic acids is 1. The summed E-state index contributed by atoms with van der Waals surface area (Å²) in [5.74, 6) is 5.66. The molecule has 0 spiro atoms. The number of nitrogen functional groups attached to an aromatic ring is 1. The van der Waals surface area contributed by atoms with E-state index in [0.29, 0.717) is 0 Å². The summed E-state index contributed by atoms with van der Waals surface area (Å²) in [6, 6.07) is 0. The fourth-order valence-electron chi connectivity index (χ4n) is 2.15. The maximum atomic E-state index is 12.0. The zero-order valence-corrected chi connectivity index (χ0v) is 13.9. The first-order valence-corrected chi connectivity index (χ1v) is 8.28. The van der Waals surface area contributed by atoms with Crippen LogP contribution in [0.2, 0.25) is 0 Å². The number of aliphatic hydroxyl groups excluding tert-OH is 1. The van der Waals surface area contributed by atoms with Crippen molar-refractivity contribution in [2.45, 2.75) is 37.3 Å². The third-order valence-corrected chi connectivity index (χ3v) is 5.09. The predicted octanol–water partition coefficient (Wildman–Crippen LogP) is -0.159. The molecule has 1 fully saturated rings. The highest BCUT2D eigenvalue weighted by atomic mass is 32.2. The number of rotatable bonds is 5. The molecule has 0 bridgehead atoms. The second kappa shape index (κ2) is 7.20. The lowest BCUT2D eigenvalue weighted by atomic mass is 10.2. The van der Waals surface area contributed by atoms with Crippen molar-refractivity contribution in [3.05, 3.63) is 10.4 Å². The van der Waals surface area contributed by atoms with Crippen LogP contribution in [0.25, 0.3) is 0 Å². The average molecular weight is 342 g/mol. The first-order chi connectivity index (χ1) is 10.8. The lowest BCUT2D eigenvalue weighted by molar-refractivity contribution is -0.118. The fourth-order valence-corrected chi connectivity index (χ4v) is 3.46. The zero-order valence-electron chi connectivity index (χ0n) is 13.1. The molecule has 7 N–H and O–H groups in total. The summed E-state index contributed by atoms with van der Waals surface area (Å²) >= 11 is 1.51. The quantitative estimate of drug-likeness (QED) is 0.366. The SMILES string of the molecule is CC(C)C(=O)Nc1nc(N(N)[C@H]2CC[C@@H](CO)S2)c(N)c(=O)[nH]1. The van der Waals surface area contributed by atoms with Crippen molar-refractivity contribution in [3.8, 4) is 0 Å². The van der Waals surface area contributed by atoms with Crippen molar-refractivity contribution in [2.75, 3.05) is 22.7 Å². The Kier molecular flexibility index (Phi) is 5.50. The number of nitrogens with two attached hydrogens (primary N) is 2. The Balaban J connectivity index is 2.25. The van der Waals surface area contributed by atoms with Crippen LogP contribution in [0.4, 0.5) is 17.5 Å². The van der Waals surface area contributed by atoms with Crippen LogP contribution in [0.3, 0.4) is 0 Å². The highest BCUT2D eigenvalue weighted by Gasteiger charge is 2.30. The minimum Gasteiger partial charge on any atom is -0.395 e. The summed E-state index contributed by atoms with van der Waals surface area (Å²) in [6.45, 7) is 3.53. The molecule has 1 saturated heterocycles. The molecule has 2 heterocycles. The standard InChI is InChI=1S/C13H22N6O3S/c1-6(2)11(21)17-13-16-10(9(14)12(22)18-13)19(15)8-4-3-7(5-20)23-8/h6-8,20H,3-5,14-15H2,1-2H3,(H2,16,17,18,21,22)/t7-,8+/m0/s1. The third kappa shape index (κ3) is 3.95. The number of carbonyl (C=O) groups is 1. The van der Waals surface area contributed by atoms with Gasteiger partial charge in [-0.3, -0.25) is 24.9 Å². The maximum absolute atomic E-state index is 12.0. The minimum absolute atomic E-state index is 0.00931. The van der Waals surface area contributed by atoms with Crippen LogP contribution in [0.15, 0.2) is 4.79 Å². The molecule has 1 aromatic rings. The van der Waals surface area contributed by atoms with Gasteiger partial charge in [-0.05, 0) is 12.8 Å². The summed E-state index contributed by atoms with van der Waals surface area (Å²) in [5.41, 5.74) is 5.11. The van der Waals surface area contributed by atoms with Crippen LogP contribution >= 0.6 is 11.8 Å². The van der Waals surface area contributed by atoms with Gasteiger partial charge in [0.25, 0.3) is 5.56 Å². The van der Waals surface area contributed by atoms with Crippen molar-refractivity contribution in [1.82, 2.24) is 9.97 Å². The molecule has 1 aliphatic rings. The second-order valence-corrected chi connectivity index (χ2v) is 7.16. The number of H-pyrrole nitrogens is 1. The van der Waals surface area contributed by atoms with Crippen molar-refractivity contribution in [1.29, 1.82) is 0 Å². The molecule has 0 unspecified atom stereocenters. The second-order valence-electron chi connectivity index (χ2n) is 5.68. The minimum atomic E-state index is -0.564. The van der Waals surface area contributed by atoms with Crippen molar-refractivity contribution in [2.24, 2.45) is 11.8 Å². The van der Waals surface area contributed by atoms with E-state index in [1.165, 1.54) is 16.8 Å². The van der Waals surface area contributed by atoms with E-state index in [1.807, 2.05) is 0 Å². The molecule has 0 aromatic carbocycles. The van der Waals surface area contributed by atoms with Crippen LogP contribution in [-0.2, 0) is 4.79 Å². The first kappa shape index (κ1) is 17.6. The van der Waals surface area contributed by atoms with Crippen LogP contribution < -0.4 is 27.5 Å². The van der Waals surface area contributed by atoms with Crippen LogP contribution in [0, 0.1) is 5.92 Å². The van der Waals surface area contributed by atoms with E-state index < -0.39 is 5.56 Å². The smallest absolute Gasteiger partial charge is 0.277 e. The van der Waals surface area contributed by atoms with E-state index in [2.05, 4.69) is 15.3 Å². The van der Waals surface area contributed by atoms with E-state index in [4.69, 9.17) is 11.6 Å². The molecule has 128 valence electrons. The number of thioether (sulfide) groups is 1. The molecule has 1 aliphatic heterocycles. The number of aliphatic hydroxyl groups is 1. The van der Waals surface area contributed by atoms with Gasteiger partial charge in [0.15, 0.2) is 5.82 Å². The van der Waals surface area contributed by atoms with E-state index in [1.54, 1.807) is 13.8 Å². The van der Waals surface area contributed by atoms with E-state index in [-0.39, 0.29) is 46.5 Å². The normalized spacial score (nSPS) is 20.7. The van der Waals surface area contributed by atoms with E-state index in [0.717, 1.165) is 12.8 Å². The van der Waals surface area contributed by atoms with Crippen molar-refractivity contribution in [3.63, 3.8) is 0 Å². The van der Waals surface area contributed by atoms with Gasteiger partial charge >= 0.3 is 0 Å². The van der Waals surface area contributed by atoms with Crippen molar-refractivity contribution >= 4 is 35.1 Å². The number of anilines is 3. The Bertz CT molecular complexity index is 635. The number of nitrogens with zero attached hydrogens (tertiary/aromatic N) is 2. The Morgan fingerprint density at radius 3 is 2.83 bits per heavy atom. The number of hydrogen-bond donors (Lipinski definition) is 5. The molecule has 1 aromatic heterocycles. The molecular formula is C13H22N6O3S. The highest BCUT2D eigenvalue weighted by Crippen LogP contribution is 2.36. The van der Waals surface area contributed by atoms with Gasteiger partial charge in [-0.2, -0.15) is 4.98 Å². The van der Waals surface area contributed by atoms with Crippen molar-refractivity contribution < 1.29 is 9.90 Å². The molecule has 0 aliphatic carbocycles. The number of aromatic nitrogens is 2. The summed E-state index contributed by atoms with van der Waals surface area (Å²) in [6.07, 6.45) is 1.56. The molecule has 10 heteroatoms. The van der Waals surface area contributed by atoms with Crippen LogP contribution in [-0.4, -0.2) is 38.2 Å². The molecule has 9 nitrogen and oxygen atoms in total. The molecule has 23 heavy (non-hydrogen) atoms. The molecule has 2 rings (SSSR count). The summed E-state index contributed by atoms with van der Waals surface area (Å²) in [4.78, 5) is 30.3.